The number of oxime groups is 1. The molecule has 0 unspecified atom stereocenters. The second-order valence-corrected chi connectivity index (χ2v) is 4.26. The lowest BCUT2D eigenvalue weighted by molar-refractivity contribution is -0.385. The molecular formula is C14H13N3O4. The summed E-state index contributed by atoms with van der Waals surface area (Å²) < 4.78 is 1.77. The lowest BCUT2D eigenvalue weighted by Crippen LogP contribution is -2.05. The molecule has 0 N–H and O–H groups in total. The van der Waals surface area contributed by atoms with E-state index in [1.54, 1.807) is 41.1 Å². The van der Waals surface area contributed by atoms with Crippen molar-refractivity contribution < 1.29 is 14.6 Å². The number of hydrogen-bond donors (Lipinski definition) is 0. The third-order valence-corrected chi connectivity index (χ3v) is 2.76. The van der Waals surface area contributed by atoms with Crippen LogP contribution in [0.4, 0.5) is 5.69 Å². The average Bonchev–Trinajstić information content (AvgIpc) is 2.86. The topological polar surface area (TPSA) is 86.7 Å². The van der Waals surface area contributed by atoms with Crippen LogP contribution in [0.1, 0.15) is 18.2 Å². The zero-order valence-electron chi connectivity index (χ0n) is 11.3. The van der Waals surface area contributed by atoms with Crippen LogP contribution in [0.5, 0.6) is 0 Å². The smallest absolute Gasteiger partial charge is 0.331 e. The molecule has 108 valence electrons. The van der Waals surface area contributed by atoms with Crippen LogP contribution in [0.2, 0.25) is 0 Å². The second kappa shape index (κ2) is 6.47. The zero-order valence-corrected chi connectivity index (χ0v) is 11.3. The number of hydrogen-bond acceptors (Lipinski definition) is 5. The number of nitro groups is 1. The summed E-state index contributed by atoms with van der Waals surface area (Å²) in [5.74, 6) is -0.511. The molecule has 7 nitrogen and oxygen atoms in total. The van der Waals surface area contributed by atoms with E-state index < -0.39 is 10.9 Å². The van der Waals surface area contributed by atoms with Crippen molar-refractivity contribution in [2.45, 2.75) is 13.5 Å². The third kappa shape index (κ3) is 3.75. The number of benzene rings is 1. The number of nitrogens with zero attached hydrogens (tertiary/aromatic N) is 3. The SMILES string of the molecule is CC(=O)ON=Cc1cccn1Cc1ccccc1[N+](=O)[O-]. The fourth-order valence-electron chi connectivity index (χ4n) is 1.85. The Morgan fingerprint density at radius 1 is 1.38 bits per heavy atom. The largest absolute Gasteiger partial charge is 0.342 e. The highest BCUT2D eigenvalue weighted by molar-refractivity contribution is 5.78. The highest BCUT2D eigenvalue weighted by atomic mass is 16.7. The highest BCUT2D eigenvalue weighted by Crippen LogP contribution is 2.19. The Hall–Kier alpha value is -2.96. The Morgan fingerprint density at radius 3 is 2.86 bits per heavy atom. The van der Waals surface area contributed by atoms with Gasteiger partial charge in [-0.15, -0.1) is 0 Å². The lowest BCUT2D eigenvalue weighted by Gasteiger charge is -2.06. The number of para-hydroxylation sites is 1. The first-order valence-electron chi connectivity index (χ1n) is 6.16. The molecule has 0 atom stereocenters. The van der Waals surface area contributed by atoms with Gasteiger partial charge in [0.1, 0.15) is 0 Å². The normalized spacial score (nSPS) is 10.7. The molecule has 2 aromatic rings. The first-order chi connectivity index (χ1) is 10.1. The number of carbonyl (C=O) groups excluding carboxylic acids is 1. The van der Waals surface area contributed by atoms with Crippen LogP contribution in [-0.2, 0) is 16.2 Å². The van der Waals surface area contributed by atoms with E-state index in [2.05, 4.69) is 9.99 Å². The molecule has 0 spiro atoms. The van der Waals surface area contributed by atoms with Crippen molar-refractivity contribution in [1.29, 1.82) is 0 Å². The molecule has 1 aromatic heterocycles. The molecule has 0 saturated heterocycles. The molecule has 0 aliphatic rings. The molecule has 0 fully saturated rings. The van der Waals surface area contributed by atoms with Crippen LogP contribution in [0.3, 0.4) is 0 Å². The number of carbonyl (C=O) groups is 1. The van der Waals surface area contributed by atoms with Crippen LogP contribution >= 0.6 is 0 Å². The Morgan fingerprint density at radius 2 is 2.14 bits per heavy atom. The van der Waals surface area contributed by atoms with Gasteiger partial charge in [-0.1, -0.05) is 23.4 Å². The van der Waals surface area contributed by atoms with Gasteiger partial charge in [0.15, 0.2) is 0 Å². The van der Waals surface area contributed by atoms with Crippen molar-refractivity contribution in [2.75, 3.05) is 0 Å². The van der Waals surface area contributed by atoms with E-state index in [1.165, 1.54) is 19.2 Å². The van der Waals surface area contributed by atoms with Crippen LogP contribution in [-0.4, -0.2) is 21.7 Å². The van der Waals surface area contributed by atoms with Crippen LogP contribution in [0.15, 0.2) is 47.8 Å². The van der Waals surface area contributed by atoms with Gasteiger partial charge in [0.05, 0.1) is 23.4 Å². The van der Waals surface area contributed by atoms with Gasteiger partial charge < -0.3 is 9.40 Å². The standard InChI is InChI=1S/C14H13N3O4/c1-11(18)21-15-9-13-6-4-8-16(13)10-12-5-2-3-7-14(12)17(19)20/h2-9H,10H2,1H3. The van der Waals surface area contributed by atoms with Crippen molar-refractivity contribution in [1.82, 2.24) is 4.57 Å². The van der Waals surface area contributed by atoms with E-state index >= 15 is 0 Å². The van der Waals surface area contributed by atoms with Gasteiger partial charge in [0.25, 0.3) is 5.69 Å². The molecule has 0 amide bonds. The minimum atomic E-state index is -0.511. The molecule has 0 saturated carbocycles. The van der Waals surface area contributed by atoms with Crippen molar-refractivity contribution >= 4 is 17.9 Å². The first-order valence-corrected chi connectivity index (χ1v) is 6.16. The summed E-state index contributed by atoms with van der Waals surface area (Å²) >= 11 is 0. The van der Waals surface area contributed by atoms with Crippen LogP contribution < -0.4 is 0 Å². The second-order valence-electron chi connectivity index (χ2n) is 4.26. The Bertz CT molecular complexity index is 691. The molecular weight excluding hydrogens is 274 g/mol. The predicted octanol–water partition coefficient (Wildman–Crippen LogP) is 2.34. The van der Waals surface area contributed by atoms with Crippen molar-refractivity contribution in [2.24, 2.45) is 5.16 Å². The first kappa shape index (κ1) is 14.4. The van der Waals surface area contributed by atoms with Gasteiger partial charge in [-0.3, -0.25) is 10.1 Å². The highest BCUT2D eigenvalue weighted by Gasteiger charge is 2.13. The number of nitro benzene ring substituents is 1. The molecule has 2 rings (SSSR count). The maximum absolute atomic E-state index is 11.0. The average molecular weight is 287 g/mol. The Kier molecular flexibility index (Phi) is 4.45. The van der Waals surface area contributed by atoms with E-state index in [1.807, 2.05) is 0 Å². The monoisotopic (exact) mass is 287 g/mol. The maximum Gasteiger partial charge on any atom is 0.331 e. The fraction of sp³-hybridized carbons (Fsp3) is 0.143. The van der Waals surface area contributed by atoms with Gasteiger partial charge in [-0.25, -0.2) is 4.79 Å². The van der Waals surface area contributed by atoms with E-state index in [9.17, 15) is 14.9 Å². The van der Waals surface area contributed by atoms with Gasteiger partial charge in [-0.2, -0.15) is 0 Å². The van der Waals surface area contributed by atoms with E-state index in [0.717, 1.165) is 0 Å². The molecule has 0 aliphatic heterocycles. The van der Waals surface area contributed by atoms with Gasteiger partial charge in [-0.05, 0) is 12.1 Å². The Balaban J connectivity index is 2.22. The van der Waals surface area contributed by atoms with E-state index in [4.69, 9.17) is 0 Å². The molecule has 0 aliphatic carbocycles. The molecule has 1 heterocycles. The van der Waals surface area contributed by atoms with Gasteiger partial charge in [0, 0.05) is 24.8 Å². The summed E-state index contributed by atoms with van der Waals surface area (Å²) in [5, 5.41) is 14.5. The number of rotatable bonds is 5. The fourth-order valence-corrected chi connectivity index (χ4v) is 1.85. The quantitative estimate of drug-likeness (QED) is 0.365. The minimum Gasteiger partial charge on any atom is -0.342 e. The lowest BCUT2D eigenvalue weighted by atomic mass is 10.2. The molecule has 0 bridgehead atoms. The molecule has 7 heteroatoms. The molecule has 1 aromatic carbocycles. The third-order valence-electron chi connectivity index (χ3n) is 2.76. The Labute approximate surface area is 120 Å². The number of aromatic nitrogens is 1. The summed E-state index contributed by atoms with van der Waals surface area (Å²) in [4.78, 5) is 25.7. The zero-order chi connectivity index (χ0) is 15.2. The van der Waals surface area contributed by atoms with Crippen molar-refractivity contribution in [3.05, 3.63) is 64.0 Å². The minimum absolute atomic E-state index is 0.0640. The molecule has 21 heavy (non-hydrogen) atoms. The maximum atomic E-state index is 11.0. The van der Waals surface area contributed by atoms with Gasteiger partial charge >= 0.3 is 5.97 Å². The summed E-state index contributed by atoms with van der Waals surface area (Å²) in [6.07, 6.45) is 3.15. The van der Waals surface area contributed by atoms with Gasteiger partial charge in [0.2, 0.25) is 0 Å². The van der Waals surface area contributed by atoms with E-state index in [0.29, 0.717) is 17.8 Å². The predicted molar refractivity (Wildman–Crippen MR) is 76.0 cm³/mol. The summed E-state index contributed by atoms with van der Waals surface area (Å²) in [5.41, 5.74) is 1.32. The van der Waals surface area contributed by atoms with Crippen LogP contribution in [0.25, 0.3) is 0 Å². The van der Waals surface area contributed by atoms with Crippen molar-refractivity contribution in [3.63, 3.8) is 0 Å². The molecule has 0 radical (unpaired) electrons. The van der Waals surface area contributed by atoms with E-state index in [-0.39, 0.29) is 5.69 Å². The van der Waals surface area contributed by atoms with Crippen LogP contribution in [0, 0.1) is 10.1 Å². The van der Waals surface area contributed by atoms with Crippen molar-refractivity contribution in [3.8, 4) is 0 Å². The summed E-state index contributed by atoms with van der Waals surface area (Å²) in [7, 11) is 0. The summed E-state index contributed by atoms with van der Waals surface area (Å²) in [6.45, 7) is 1.58. The summed E-state index contributed by atoms with van der Waals surface area (Å²) in [6, 6.07) is 10.1.